The molecule has 0 saturated heterocycles. The first-order valence-electron chi connectivity index (χ1n) is 9.82. The predicted octanol–water partition coefficient (Wildman–Crippen LogP) is 5.08. The number of carbonyl (C=O) groups excluding carboxylic acids is 1. The highest BCUT2D eigenvalue weighted by Gasteiger charge is 2.19. The summed E-state index contributed by atoms with van der Waals surface area (Å²) in [4.78, 5) is 12.6. The molecule has 0 saturated carbocycles. The van der Waals surface area contributed by atoms with Crippen LogP contribution in [-0.4, -0.2) is 30.8 Å². The molecule has 0 bridgehead atoms. The Morgan fingerprint density at radius 3 is 2.27 bits per heavy atom. The van der Waals surface area contributed by atoms with Crippen molar-refractivity contribution in [3.05, 3.63) is 95.0 Å². The van der Waals surface area contributed by atoms with Crippen molar-refractivity contribution < 1.29 is 13.2 Å². The maximum Gasteiger partial charge on any atom is 0.257 e. The summed E-state index contributed by atoms with van der Waals surface area (Å²) < 4.78 is 26.1. The van der Waals surface area contributed by atoms with E-state index in [0.29, 0.717) is 26.4 Å². The van der Waals surface area contributed by atoms with Gasteiger partial charge in [0.05, 0.1) is 18.5 Å². The van der Waals surface area contributed by atoms with Crippen molar-refractivity contribution in [2.45, 2.75) is 6.54 Å². The molecule has 0 aliphatic heterocycles. The van der Waals surface area contributed by atoms with Gasteiger partial charge in [0.15, 0.2) is 0 Å². The minimum atomic E-state index is -3.55. The van der Waals surface area contributed by atoms with Crippen LogP contribution < -0.4 is 9.62 Å². The lowest BCUT2D eigenvalue weighted by Gasteiger charge is -2.22. The summed E-state index contributed by atoms with van der Waals surface area (Å²) in [5.41, 5.74) is 2.53. The fourth-order valence-electron chi connectivity index (χ4n) is 3.08. The molecule has 1 N–H and O–H groups in total. The number of sulfonamides is 1. The Bertz CT molecular complexity index is 1360. The number of amides is 1. The normalized spacial score (nSPS) is 11.2. The predicted molar refractivity (Wildman–Crippen MR) is 132 cm³/mol. The molecule has 0 unspecified atom stereocenters. The summed E-state index contributed by atoms with van der Waals surface area (Å²) in [5.74, 6) is -0.360. The van der Waals surface area contributed by atoms with Crippen molar-refractivity contribution in [2.24, 2.45) is 0 Å². The summed E-state index contributed by atoms with van der Waals surface area (Å²) in [7, 11) is -3.55. The maximum atomic E-state index is 12.6. The van der Waals surface area contributed by atoms with Crippen LogP contribution >= 0.6 is 22.9 Å². The zero-order chi connectivity index (χ0) is 23.4. The van der Waals surface area contributed by atoms with Crippen LogP contribution in [-0.2, 0) is 16.6 Å². The van der Waals surface area contributed by atoms with Gasteiger partial charge in [-0.1, -0.05) is 65.4 Å². The third-order valence-corrected chi connectivity index (χ3v) is 7.00. The quantitative estimate of drug-likeness (QED) is 0.383. The van der Waals surface area contributed by atoms with Crippen molar-refractivity contribution >= 4 is 49.7 Å². The van der Waals surface area contributed by atoms with Crippen LogP contribution in [0, 0.1) is 0 Å². The van der Waals surface area contributed by atoms with E-state index in [1.165, 1.54) is 15.6 Å². The number of hydrogen-bond acceptors (Lipinski definition) is 6. The summed E-state index contributed by atoms with van der Waals surface area (Å²) in [6, 6.07) is 22.9. The molecule has 0 atom stereocenters. The average molecular weight is 499 g/mol. The number of halogens is 1. The molecule has 0 radical (unpaired) electrons. The number of carbonyl (C=O) groups is 1. The van der Waals surface area contributed by atoms with Gasteiger partial charge < -0.3 is 0 Å². The third kappa shape index (κ3) is 5.75. The molecule has 3 aromatic carbocycles. The molecule has 1 aromatic heterocycles. The van der Waals surface area contributed by atoms with Crippen molar-refractivity contribution in [3.8, 4) is 10.6 Å². The molecule has 10 heteroatoms. The lowest BCUT2D eigenvalue weighted by molar-refractivity contribution is 0.102. The number of nitrogens with zero attached hydrogens (tertiary/aromatic N) is 3. The van der Waals surface area contributed by atoms with Crippen LogP contribution in [0.4, 0.5) is 10.8 Å². The van der Waals surface area contributed by atoms with E-state index in [1.54, 1.807) is 48.5 Å². The first-order chi connectivity index (χ1) is 15.8. The largest absolute Gasteiger partial charge is 0.296 e. The zero-order valence-electron chi connectivity index (χ0n) is 17.5. The van der Waals surface area contributed by atoms with E-state index >= 15 is 0 Å². The van der Waals surface area contributed by atoms with Gasteiger partial charge in [-0.05, 0) is 42.0 Å². The topological polar surface area (TPSA) is 92.3 Å². The molecule has 7 nitrogen and oxygen atoms in total. The minimum absolute atomic E-state index is 0.147. The smallest absolute Gasteiger partial charge is 0.257 e. The van der Waals surface area contributed by atoms with Gasteiger partial charge in [0.2, 0.25) is 15.2 Å². The second kappa shape index (κ2) is 9.70. The second-order valence-corrected chi connectivity index (χ2v) is 10.5. The highest BCUT2D eigenvalue weighted by molar-refractivity contribution is 7.92. The van der Waals surface area contributed by atoms with E-state index in [0.717, 1.165) is 17.4 Å². The Hall–Kier alpha value is -3.27. The molecule has 0 fully saturated rings. The molecule has 0 aliphatic carbocycles. The molecule has 0 spiro atoms. The van der Waals surface area contributed by atoms with Gasteiger partial charge in [0, 0.05) is 16.1 Å². The zero-order valence-corrected chi connectivity index (χ0v) is 19.9. The van der Waals surface area contributed by atoms with E-state index in [1.807, 2.05) is 30.3 Å². The monoisotopic (exact) mass is 498 g/mol. The number of aromatic nitrogens is 2. The van der Waals surface area contributed by atoms with Crippen LogP contribution in [0.3, 0.4) is 0 Å². The summed E-state index contributed by atoms with van der Waals surface area (Å²) in [6.45, 7) is 0.147. The van der Waals surface area contributed by atoms with E-state index < -0.39 is 10.0 Å². The fraction of sp³-hybridized carbons (Fsp3) is 0.0870. The first-order valence-corrected chi connectivity index (χ1v) is 12.9. The van der Waals surface area contributed by atoms with Gasteiger partial charge >= 0.3 is 0 Å². The number of rotatable bonds is 7. The molecule has 1 heterocycles. The third-order valence-electron chi connectivity index (χ3n) is 4.72. The number of hydrogen-bond donors (Lipinski definition) is 1. The molecule has 33 heavy (non-hydrogen) atoms. The van der Waals surface area contributed by atoms with Gasteiger partial charge in [0.25, 0.3) is 5.91 Å². The molecular weight excluding hydrogens is 480 g/mol. The Morgan fingerprint density at radius 1 is 0.970 bits per heavy atom. The van der Waals surface area contributed by atoms with Gasteiger partial charge in [-0.2, -0.15) is 0 Å². The van der Waals surface area contributed by atoms with Crippen molar-refractivity contribution in [3.63, 3.8) is 0 Å². The molecule has 1 amide bonds. The Kier molecular flexibility index (Phi) is 6.73. The van der Waals surface area contributed by atoms with Crippen LogP contribution in [0.1, 0.15) is 15.9 Å². The number of anilines is 2. The lowest BCUT2D eigenvalue weighted by Crippen LogP contribution is -2.29. The van der Waals surface area contributed by atoms with E-state index in [4.69, 9.17) is 11.6 Å². The van der Waals surface area contributed by atoms with Crippen LogP contribution in [0.5, 0.6) is 0 Å². The minimum Gasteiger partial charge on any atom is -0.296 e. The average Bonchev–Trinajstić information content (AvgIpc) is 3.27. The number of nitrogens with one attached hydrogen (secondary N) is 1. The highest BCUT2D eigenvalue weighted by Crippen LogP contribution is 2.27. The molecule has 4 rings (SSSR count). The second-order valence-electron chi connectivity index (χ2n) is 7.18. The van der Waals surface area contributed by atoms with E-state index in [2.05, 4.69) is 15.5 Å². The van der Waals surface area contributed by atoms with Crippen molar-refractivity contribution in [1.82, 2.24) is 10.2 Å². The Morgan fingerprint density at radius 2 is 1.64 bits per heavy atom. The number of benzene rings is 3. The SMILES string of the molecule is CS(=O)(=O)N(Cc1ccc(Cl)cc1)c1ccc(C(=O)Nc2nnc(-c3ccccc3)s2)cc1. The highest BCUT2D eigenvalue weighted by atomic mass is 35.5. The van der Waals surface area contributed by atoms with Crippen LogP contribution in [0.15, 0.2) is 78.9 Å². The summed E-state index contributed by atoms with van der Waals surface area (Å²) in [5, 5.41) is 12.5. The Labute approximate surface area is 200 Å². The summed E-state index contributed by atoms with van der Waals surface area (Å²) in [6.07, 6.45) is 1.14. The molecule has 4 aromatic rings. The molecule has 168 valence electrons. The van der Waals surface area contributed by atoms with Crippen LogP contribution in [0.2, 0.25) is 5.02 Å². The Balaban J connectivity index is 1.48. The fourth-order valence-corrected chi connectivity index (χ4v) is 4.83. The summed E-state index contributed by atoms with van der Waals surface area (Å²) >= 11 is 7.19. The van der Waals surface area contributed by atoms with Gasteiger partial charge in [0.1, 0.15) is 5.01 Å². The van der Waals surface area contributed by atoms with E-state index in [-0.39, 0.29) is 12.5 Å². The van der Waals surface area contributed by atoms with Gasteiger partial charge in [-0.25, -0.2) is 8.42 Å². The van der Waals surface area contributed by atoms with Crippen molar-refractivity contribution in [2.75, 3.05) is 15.9 Å². The van der Waals surface area contributed by atoms with Crippen LogP contribution in [0.25, 0.3) is 10.6 Å². The van der Waals surface area contributed by atoms with Crippen molar-refractivity contribution in [1.29, 1.82) is 0 Å². The molecular formula is C23H19ClN4O3S2. The maximum absolute atomic E-state index is 12.6. The standard InChI is InChI=1S/C23H19ClN4O3S2/c1-33(30,31)28(15-16-7-11-19(24)12-8-16)20-13-9-17(10-14-20)21(29)25-23-27-26-22(32-23)18-5-3-2-4-6-18/h2-14H,15H2,1H3,(H,25,27,29). The molecule has 0 aliphatic rings. The lowest BCUT2D eigenvalue weighted by atomic mass is 10.2. The first kappa shape index (κ1) is 22.9. The van der Waals surface area contributed by atoms with Gasteiger partial charge in [-0.3, -0.25) is 14.4 Å². The van der Waals surface area contributed by atoms with Gasteiger partial charge in [-0.15, -0.1) is 10.2 Å². The van der Waals surface area contributed by atoms with E-state index in [9.17, 15) is 13.2 Å².